The highest BCUT2D eigenvalue weighted by atomic mass is 16.2. The third-order valence-corrected chi connectivity index (χ3v) is 3.35. The highest BCUT2D eigenvalue weighted by molar-refractivity contribution is 6.08. The molecule has 3 nitrogen and oxygen atoms in total. The second-order valence-corrected chi connectivity index (χ2v) is 4.44. The van der Waals surface area contributed by atoms with E-state index in [-0.39, 0.29) is 11.7 Å². The summed E-state index contributed by atoms with van der Waals surface area (Å²) in [6.45, 7) is 4.07. The van der Waals surface area contributed by atoms with E-state index >= 15 is 0 Å². The van der Waals surface area contributed by atoms with Gasteiger partial charge in [0.15, 0.2) is 0 Å². The number of para-hydroxylation sites is 1. The lowest BCUT2D eigenvalue weighted by Crippen LogP contribution is -2.37. The summed E-state index contributed by atoms with van der Waals surface area (Å²) in [5.41, 5.74) is 2.16. The van der Waals surface area contributed by atoms with Gasteiger partial charge in [0, 0.05) is 12.2 Å². The molecule has 17 heavy (non-hydrogen) atoms. The molecule has 0 radical (unpaired) electrons. The molecule has 1 aliphatic rings. The quantitative estimate of drug-likeness (QED) is 0.748. The number of carbonyl (C=O) groups excluding carboxylic acids is 2. The second kappa shape index (κ2) is 4.70. The number of carbonyl (C=O) groups is 2. The van der Waals surface area contributed by atoms with Crippen LogP contribution in [0.25, 0.3) is 0 Å². The van der Waals surface area contributed by atoms with Gasteiger partial charge < -0.3 is 4.90 Å². The molecule has 0 aliphatic carbocycles. The maximum absolute atomic E-state index is 12.3. The molecule has 1 aromatic carbocycles. The van der Waals surface area contributed by atoms with E-state index in [0.717, 1.165) is 12.1 Å². The molecule has 1 atom stereocenters. The standard InChI is InChI=1S/C14H17NO2/c1-3-12(10(2)16)14(17)15-9-8-11-6-4-5-7-13(11)15/h4-7,12H,3,8-9H2,1-2H3. The fourth-order valence-corrected chi connectivity index (χ4v) is 2.39. The van der Waals surface area contributed by atoms with Crippen LogP contribution in [-0.2, 0) is 16.0 Å². The van der Waals surface area contributed by atoms with Crippen molar-refractivity contribution in [3.63, 3.8) is 0 Å². The van der Waals surface area contributed by atoms with Crippen molar-refractivity contribution in [1.29, 1.82) is 0 Å². The van der Waals surface area contributed by atoms with Crippen LogP contribution in [0.4, 0.5) is 5.69 Å². The van der Waals surface area contributed by atoms with Gasteiger partial charge in [-0.2, -0.15) is 0 Å². The molecular weight excluding hydrogens is 214 g/mol. The van der Waals surface area contributed by atoms with Gasteiger partial charge in [0.25, 0.3) is 0 Å². The zero-order valence-corrected chi connectivity index (χ0v) is 10.3. The maximum Gasteiger partial charge on any atom is 0.237 e. The van der Waals surface area contributed by atoms with E-state index < -0.39 is 5.92 Å². The lowest BCUT2D eigenvalue weighted by molar-refractivity contribution is -0.131. The summed E-state index contributed by atoms with van der Waals surface area (Å²) in [5.74, 6) is -0.576. The van der Waals surface area contributed by atoms with Crippen molar-refractivity contribution in [3.8, 4) is 0 Å². The largest absolute Gasteiger partial charge is 0.311 e. The van der Waals surface area contributed by atoms with Crippen LogP contribution in [-0.4, -0.2) is 18.2 Å². The first-order chi connectivity index (χ1) is 8.15. The molecule has 1 unspecified atom stereocenters. The van der Waals surface area contributed by atoms with Gasteiger partial charge in [-0.05, 0) is 31.4 Å². The topological polar surface area (TPSA) is 37.4 Å². The fourth-order valence-electron chi connectivity index (χ4n) is 2.39. The summed E-state index contributed by atoms with van der Waals surface area (Å²) in [4.78, 5) is 25.5. The van der Waals surface area contributed by atoms with Gasteiger partial charge in [0.05, 0.1) is 5.92 Å². The van der Waals surface area contributed by atoms with Crippen molar-refractivity contribution in [3.05, 3.63) is 29.8 Å². The number of ketones is 1. The van der Waals surface area contributed by atoms with Crippen molar-refractivity contribution in [2.24, 2.45) is 5.92 Å². The Morgan fingerprint density at radius 3 is 2.71 bits per heavy atom. The Balaban J connectivity index is 2.26. The van der Waals surface area contributed by atoms with Crippen LogP contribution in [0.3, 0.4) is 0 Å². The summed E-state index contributed by atoms with van der Waals surface area (Å²) in [7, 11) is 0. The lowest BCUT2D eigenvalue weighted by Gasteiger charge is -2.21. The molecule has 0 bridgehead atoms. The minimum Gasteiger partial charge on any atom is -0.311 e. The Bertz CT molecular complexity index is 453. The minimum absolute atomic E-state index is 0.0399. The summed E-state index contributed by atoms with van der Waals surface area (Å²) < 4.78 is 0. The third-order valence-electron chi connectivity index (χ3n) is 3.35. The number of fused-ring (bicyclic) bond motifs is 1. The van der Waals surface area contributed by atoms with Gasteiger partial charge in [0.1, 0.15) is 5.78 Å². The first-order valence-corrected chi connectivity index (χ1v) is 6.05. The van der Waals surface area contributed by atoms with Crippen molar-refractivity contribution in [1.82, 2.24) is 0 Å². The predicted octanol–water partition coefficient (Wildman–Crippen LogP) is 2.19. The van der Waals surface area contributed by atoms with Gasteiger partial charge in [-0.25, -0.2) is 0 Å². The molecule has 0 saturated carbocycles. The number of benzene rings is 1. The van der Waals surface area contributed by atoms with Crippen LogP contribution in [0, 0.1) is 5.92 Å². The van der Waals surface area contributed by atoms with Gasteiger partial charge in [-0.15, -0.1) is 0 Å². The maximum atomic E-state index is 12.3. The molecule has 3 heteroatoms. The highest BCUT2D eigenvalue weighted by Gasteiger charge is 2.31. The molecule has 0 spiro atoms. The third kappa shape index (κ3) is 2.09. The number of hydrogen-bond acceptors (Lipinski definition) is 2. The smallest absolute Gasteiger partial charge is 0.237 e. The van der Waals surface area contributed by atoms with Crippen LogP contribution in [0.5, 0.6) is 0 Å². The summed E-state index contributed by atoms with van der Waals surface area (Å²) >= 11 is 0. The Morgan fingerprint density at radius 1 is 1.35 bits per heavy atom. The molecule has 0 saturated heterocycles. The molecule has 0 aromatic heterocycles. The zero-order valence-electron chi connectivity index (χ0n) is 10.3. The zero-order chi connectivity index (χ0) is 12.4. The Labute approximate surface area is 101 Å². The predicted molar refractivity (Wildman–Crippen MR) is 67.0 cm³/mol. The van der Waals surface area contributed by atoms with Crippen molar-refractivity contribution < 1.29 is 9.59 Å². The van der Waals surface area contributed by atoms with E-state index in [1.807, 2.05) is 31.2 Å². The monoisotopic (exact) mass is 231 g/mol. The van der Waals surface area contributed by atoms with E-state index in [1.54, 1.807) is 4.90 Å². The number of amides is 1. The van der Waals surface area contributed by atoms with Crippen LogP contribution in [0.2, 0.25) is 0 Å². The van der Waals surface area contributed by atoms with E-state index in [4.69, 9.17) is 0 Å². The van der Waals surface area contributed by atoms with Crippen molar-refractivity contribution in [2.75, 3.05) is 11.4 Å². The second-order valence-electron chi connectivity index (χ2n) is 4.44. The number of hydrogen-bond donors (Lipinski definition) is 0. The van der Waals surface area contributed by atoms with Gasteiger partial charge in [0.2, 0.25) is 5.91 Å². The summed E-state index contributed by atoms with van der Waals surface area (Å²) in [5, 5.41) is 0. The Morgan fingerprint density at radius 2 is 2.06 bits per heavy atom. The van der Waals surface area contributed by atoms with Crippen molar-refractivity contribution >= 4 is 17.4 Å². The average molecular weight is 231 g/mol. The number of Topliss-reactive ketones (excluding diaryl/α,β-unsaturated/α-hetero) is 1. The number of anilines is 1. The van der Waals surface area contributed by atoms with Gasteiger partial charge in [-0.1, -0.05) is 25.1 Å². The minimum atomic E-state index is -0.485. The highest BCUT2D eigenvalue weighted by Crippen LogP contribution is 2.29. The van der Waals surface area contributed by atoms with E-state index in [1.165, 1.54) is 12.5 Å². The molecule has 0 N–H and O–H groups in total. The normalized spacial score (nSPS) is 15.5. The van der Waals surface area contributed by atoms with Crippen LogP contribution in [0.15, 0.2) is 24.3 Å². The molecule has 1 aliphatic heterocycles. The molecule has 2 rings (SSSR count). The first kappa shape index (κ1) is 11.8. The van der Waals surface area contributed by atoms with Crippen LogP contribution >= 0.6 is 0 Å². The molecule has 1 heterocycles. The van der Waals surface area contributed by atoms with E-state index in [9.17, 15) is 9.59 Å². The number of rotatable bonds is 3. The molecular formula is C14H17NO2. The molecule has 90 valence electrons. The lowest BCUT2D eigenvalue weighted by atomic mass is 10.0. The SMILES string of the molecule is CCC(C(C)=O)C(=O)N1CCc2ccccc21. The number of nitrogens with zero attached hydrogens (tertiary/aromatic N) is 1. The van der Waals surface area contributed by atoms with E-state index in [2.05, 4.69) is 0 Å². The first-order valence-electron chi connectivity index (χ1n) is 6.05. The van der Waals surface area contributed by atoms with E-state index in [0.29, 0.717) is 13.0 Å². The molecule has 0 fully saturated rings. The molecule has 1 amide bonds. The Hall–Kier alpha value is -1.64. The average Bonchev–Trinajstić information content (AvgIpc) is 2.72. The fraction of sp³-hybridized carbons (Fsp3) is 0.429. The van der Waals surface area contributed by atoms with Crippen LogP contribution < -0.4 is 4.90 Å². The Kier molecular flexibility index (Phi) is 3.27. The summed E-state index contributed by atoms with van der Waals surface area (Å²) in [6, 6.07) is 7.90. The van der Waals surface area contributed by atoms with Crippen LogP contribution in [0.1, 0.15) is 25.8 Å². The van der Waals surface area contributed by atoms with Gasteiger partial charge >= 0.3 is 0 Å². The summed E-state index contributed by atoms with van der Waals surface area (Å²) in [6.07, 6.45) is 1.46. The van der Waals surface area contributed by atoms with Gasteiger partial charge in [-0.3, -0.25) is 9.59 Å². The molecule has 1 aromatic rings. The van der Waals surface area contributed by atoms with Crippen molar-refractivity contribution in [2.45, 2.75) is 26.7 Å².